The fourth-order valence-electron chi connectivity index (χ4n) is 2.51. The van der Waals surface area contributed by atoms with Crippen LogP contribution in [0.4, 0.5) is 38.0 Å². The number of unbranched alkanes of at least 4 members (excludes halogenated alkanes) is 2. The van der Waals surface area contributed by atoms with Gasteiger partial charge in [-0.3, -0.25) is 0 Å². The van der Waals surface area contributed by atoms with Gasteiger partial charge < -0.3 is 21.1 Å². The molecule has 0 fully saturated rings. The second-order valence-electron chi connectivity index (χ2n) is 6.28. The number of nitrogens with zero attached hydrogens (tertiary/aromatic N) is 3. The molecule has 0 aliphatic rings. The lowest BCUT2D eigenvalue weighted by Gasteiger charge is -2.11. The summed E-state index contributed by atoms with van der Waals surface area (Å²) < 4.78 is 26.2. The van der Waals surface area contributed by atoms with Crippen LogP contribution in [-0.2, 0) is 0 Å². The number of halogens is 2. The van der Waals surface area contributed by atoms with E-state index in [1.54, 1.807) is 24.3 Å². The molecule has 29 heavy (non-hydrogen) atoms. The van der Waals surface area contributed by atoms with E-state index in [4.69, 9.17) is 5.11 Å². The summed E-state index contributed by atoms with van der Waals surface area (Å²) in [6.07, 6.45) is 2.48. The van der Waals surface area contributed by atoms with Crippen molar-refractivity contribution in [1.82, 2.24) is 15.0 Å². The molecule has 9 heteroatoms. The van der Waals surface area contributed by atoms with Crippen molar-refractivity contribution in [3.05, 3.63) is 60.2 Å². The molecule has 0 atom stereocenters. The number of aliphatic hydroxyl groups is 1. The Morgan fingerprint density at radius 1 is 0.655 bits per heavy atom. The van der Waals surface area contributed by atoms with Crippen LogP contribution in [-0.4, -0.2) is 33.2 Å². The van der Waals surface area contributed by atoms with E-state index in [1.807, 2.05) is 0 Å². The van der Waals surface area contributed by atoms with Gasteiger partial charge in [0, 0.05) is 24.5 Å². The van der Waals surface area contributed by atoms with Gasteiger partial charge in [-0.05, 0) is 67.8 Å². The van der Waals surface area contributed by atoms with Gasteiger partial charge in [-0.25, -0.2) is 8.78 Å². The fraction of sp³-hybridized carbons (Fsp3) is 0.250. The molecule has 7 nitrogen and oxygen atoms in total. The maximum absolute atomic E-state index is 13.1. The first-order chi connectivity index (χ1) is 14.1. The van der Waals surface area contributed by atoms with Crippen LogP contribution in [0.3, 0.4) is 0 Å². The van der Waals surface area contributed by atoms with E-state index in [0.29, 0.717) is 23.9 Å². The molecule has 1 heterocycles. The van der Waals surface area contributed by atoms with Gasteiger partial charge in [-0.15, -0.1) is 0 Å². The molecule has 4 N–H and O–H groups in total. The zero-order valence-corrected chi connectivity index (χ0v) is 15.7. The van der Waals surface area contributed by atoms with Crippen molar-refractivity contribution in [3.8, 4) is 0 Å². The van der Waals surface area contributed by atoms with E-state index in [1.165, 1.54) is 24.3 Å². The Bertz CT molecular complexity index is 840. The summed E-state index contributed by atoms with van der Waals surface area (Å²) in [5.74, 6) is 0.228. The zero-order chi connectivity index (χ0) is 20.5. The SMILES string of the molecule is OCCCCCNc1nc(Nc2ccc(F)cc2)nc(Nc2ccc(F)cc2)n1. The Labute approximate surface area is 167 Å². The van der Waals surface area contributed by atoms with Crippen LogP contribution in [0.25, 0.3) is 0 Å². The predicted octanol–water partition coefficient (Wildman–Crippen LogP) is 4.21. The van der Waals surface area contributed by atoms with Crippen LogP contribution >= 0.6 is 0 Å². The van der Waals surface area contributed by atoms with Crippen molar-refractivity contribution in [3.63, 3.8) is 0 Å². The molecule has 0 unspecified atom stereocenters. The van der Waals surface area contributed by atoms with Crippen molar-refractivity contribution in [2.75, 3.05) is 29.1 Å². The van der Waals surface area contributed by atoms with E-state index >= 15 is 0 Å². The Morgan fingerprint density at radius 2 is 1.14 bits per heavy atom. The largest absolute Gasteiger partial charge is 0.396 e. The molecule has 0 bridgehead atoms. The number of rotatable bonds is 10. The first-order valence-corrected chi connectivity index (χ1v) is 9.28. The van der Waals surface area contributed by atoms with Crippen LogP contribution in [0.5, 0.6) is 0 Å². The molecule has 0 saturated carbocycles. The van der Waals surface area contributed by atoms with Gasteiger partial charge >= 0.3 is 0 Å². The second kappa shape index (κ2) is 10.3. The van der Waals surface area contributed by atoms with Crippen molar-refractivity contribution in [1.29, 1.82) is 0 Å². The molecule has 1 aromatic heterocycles. The van der Waals surface area contributed by atoms with E-state index in [9.17, 15) is 8.78 Å². The third-order valence-corrected chi connectivity index (χ3v) is 3.95. The molecular formula is C20H22F2N6O. The Hall–Kier alpha value is -3.33. The van der Waals surface area contributed by atoms with Gasteiger partial charge in [0.25, 0.3) is 0 Å². The van der Waals surface area contributed by atoms with Crippen LogP contribution in [0.15, 0.2) is 48.5 Å². The number of nitrogens with one attached hydrogen (secondary N) is 3. The normalized spacial score (nSPS) is 10.6. The molecule has 0 amide bonds. The lowest BCUT2D eigenvalue weighted by Crippen LogP contribution is -2.10. The minimum Gasteiger partial charge on any atom is -0.396 e. The number of hydrogen-bond acceptors (Lipinski definition) is 7. The molecule has 152 valence electrons. The lowest BCUT2D eigenvalue weighted by atomic mass is 10.2. The van der Waals surface area contributed by atoms with Crippen molar-refractivity contribution in [2.45, 2.75) is 19.3 Å². The highest BCUT2D eigenvalue weighted by atomic mass is 19.1. The van der Waals surface area contributed by atoms with E-state index in [-0.39, 0.29) is 30.1 Å². The number of benzene rings is 2. The standard InChI is InChI=1S/C20H22F2N6O/c21-14-4-8-16(9-5-14)24-19-26-18(23-12-2-1-3-13-29)27-20(28-19)25-17-10-6-15(22)7-11-17/h4-11,29H,1-3,12-13H2,(H3,23,24,25,26,27,28). The summed E-state index contributed by atoms with van der Waals surface area (Å²) in [7, 11) is 0. The van der Waals surface area contributed by atoms with Crippen LogP contribution in [0.2, 0.25) is 0 Å². The van der Waals surface area contributed by atoms with Crippen molar-refractivity contribution < 1.29 is 13.9 Å². The van der Waals surface area contributed by atoms with Crippen molar-refractivity contribution >= 4 is 29.2 Å². The highest BCUT2D eigenvalue weighted by molar-refractivity contribution is 5.59. The highest BCUT2D eigenvalue weighted by Crippen LogP contribution is 2.19. The van der Waals surface area contributed by atoms with Crippen molar-refractivity contribution in [2.24, 2.45) is 0 Å². The monoisotopic (exact) mass is 400 g/mol. The average molecular weight is 400 g/mol. The number of hydrogen-bond donors (Lipinski definition) is 4. The quantitative estimate of drug-likeness (QED) is 0.379. The summed E-state index contributed by atoms with van der Waals surface area (Å²) in [4.78, 5) is 13.0. The summed E-state index contributed by atoms with van der Waals surface area (Å²) >= 11 is 0. The first kappa shape index (κ1) is 20.4. The molecule has 0 saturated heterocycles. The highest BCUT2D eigenvalue weighted by Gasteiger charge is 2.08. The molecule has 3 rings (SSSR count). The van der Waals surface area contributed by atoms with E-state index < -0.39 is 0 Å². The van der Waals surface area contributed by atoms with Crippen LogP contribution in [0.1, 0.15) is 19.3 Å². The molecule has 0 spiro atoms. The predicted molar refractivity (Wildman–Crippen MR) is 109 cm³/mol. The number of aliphatic hydroxyl groups excluding tert-OH is 1. The Morgan fingerprint density at radius 3 is 1.62 bits per heavy atom. The van der Waals surface area contributed by atoms with E-state index in [0.717, 1.165) is 19.3 Å². The lowest BCUT2D eigenvalue weighted by molar-refractivity contribution is 0.283. The minimum atomic E-state index is -0.338. The zero-order valence-electron chi connectivity index (χ0n) is 15.7. The fourth-order valence-corrected chi connectivity index (χ4v) is 2.51. The molecule has 2 aromatic carbocycles. The van der Waals surface area contributed by atoms with Crippen LogP contribution < -0.4 is 16.0 Å². The maximum Gasteiger partial charge on any atom is 0.233 e. The van der Waals surface area contributed by atoms with Gasteiger partial charge in [-0.2, -0.15) is 15.0 Å². The summed E-state index contributed by atoms with van der Waals surface area (Å²) in [5.41, 5.74) is 1.25. The van der Waals surface area contributed by atoms with Gasteiger partial charge in [0.2, 0.25) is 17.8 Å². The van der Waals surface area contributed by atoms with Gasteiger partial charge in [0.1, 0.15) is 11.6 Å². The average Bonchev–Trinajstić information content (AvgIpc) is 2.71. The third kappa shape index (κ3) is 6.65. The van der Waals surface area contributed by atoms with Gasteiger partial charge in [-0.1, -0.05) is 0 Å². The summed E-state index contributed by atoms with van der Waals surface area (Å²) in [6.45, 7) is 0.805. The summed E-state index contributed by atoms with van der Waals surface area (Å²) in [5, 5.41) is 18.0. The minimum absolute atomic E-state index is 0.170. The number of aromatic nitrogens is 3. The van der Waals surface area contributed by atoms with Gasteiger partial charge in [0.15, 0.2) is 0 Å². The molecule has 3 aromatic rings. The molecule has 0 radical (unpaired) electrons. The first-order valence-electron chi connectivity index (χ1n) is 9.28. The second-order valence-corrected chi connectivity index (χ2v) is 6.28. The number of anilines is 5. The topological polar surface area (TPSA) is 95.0 Å². The smallest absolute Gasteiger partial charge is 0.233 e. The Balaban J connectivity index is 1.76. The van der Waals surface area contributed by atoms with Crippen LogP contribution in [0, 0.1) is 11.6 Å². The van der Waals surface area contributed by atoms with Gasteiger partial charge in [0.05, 0.1) is 0 Å². The molecule has 0 aliphatic carbocycles. The summed E-state index contributed by atoms with van der Waals surface area (Å²) in [6, 6.07) is 11.6. The Kier molecular flexibility index (Phi) is 7.23. The molecular weight excluding hydrogens is 378 g/mol. The third-order valence-electron chi connectivity index (χ3n) is 3.95. The van der Waals surface area contributed by atoms with E-state index in [2.05, 4.69) is 30.9 Å². The maximum atomic E-state index is 13.1. The molecule has 0 aliphatic heterocycles.